The lowest BCUT2D eigenvalue weighted by molar-refractivity contribution is -0.149. The van der Waals surface area contributed by atoms with Gasteiger partial charge in [-0.2, -0.15) is 12.6 Å². The van der Waals surface area contributed by atoms with Crippen LogP contribution in [0.25, 0.3) is 0 Å². The number of likely N-dealkylation sites (tertiary alicyclic amines) is 1. The number of carbonyl (C=O) groups is 10. The van der Waals surface area contributed by atoms with E-state index in [9.17, 15) is 58.2 Å². The Hall–Kier alpha value is -5.07. The van der Waals surface area contributed by atoms with Crippen LogP contribution < -0.4 is 43.8 Å². The number of carbonyl (C=O) groups excluding carboxylic acids is 7. The fourth-order valence-corrected chi connectivity index (χ4v) is 5.65. The molecule has 0 aromatic heterocycles. The summed E-state index contributed by atoms with van der Waals surface area (Å²) < 4.78 is 0. The van der Waals surface area contributed by atoms with Crippen molar-refractivity contribution in [1.82, 2.24) is 31.5 Å². The molecule has 310 valence electrons. The number of carboxylic acids is 3. The molecule has 7 amide bonds. The molecule has 0 bridgehead atoms. The van der Waals surface area contributed by atoms with Crippen LogP contribution in [0.4, 0.5) is 0 Å². The maximum atomic E-state index is 13.6. The molecular formula is C31H51N9O14S. The summed E-state index contributed by atoms with van der Waals surface area (Å²) >= 11 is 4.09. The van der Waals surface area contributed by atoms with Gasteiger partial charge in [-0.05, 0) is 52.0 Å². The van der Waals surface area contributed by atoms with Crippen molar-refractivity contribution in [3.05, 3.63) is 0 Å². The zero-order valence-electron chi connectivity index (χ0n) is 30.1. The van der Waals surface area contributed by atoms with E-state index in [1.807, 2.05) is 0 Å². The topological polar surface area (TPSA) is 393 Å². The molecule has 0 saturated carbocycles. The molecule has 1 fully saturated rings. The van der Waals surface area contributed by atoms with E-state index in [1.165, 1.54) is 0 Å². The maximum absolute atomic E-state index is 13.6. The van der Waals surface area contributed by atoms with Gasteiger partial charge in [-0.15, -0.1) is 0 Å². The first-order chi connectivity index (χ1) is 25.7. The van der Waals surface area contributed by atoms with E-state index < -0.39 is 133 Å². The van der Waals surface area contributed by atoms with Gasteiger partial charge in [0.1, 0.15) is 36.3 Å². The quantitative estimate of drug-likeness (QED) is 0.0302. The van der Waals surface area contributed by atoms with Crippen LogP contribution in [0.2, 0.25) is 0 Å². The maximum Gasteiger partial charge on any atom is 0.326 e. The minimum Gasteiger partial charge on any atom is -0.481 e. The monoisotopic (exact) mass is 805 g/mol. The Labute approximate surface area is 320 Å². The molecule has 1 aliphatic rings. The molecule has 0 radical (unpaired) electrons. The normalized spacial score (nSPS) is 17.5. The van der Waals surface area contributed by atoms with Gasteiger partial charge >= 0.3 is 17.9 Å². The van der Waals surface area contributed by atoms with Crippen molar-refractivity contribution in [2.24, 2.45) is 17.2 Å². The number of amides is 7. The zero-order chi connectivity index (χ0) is 42.0. The lowest BCUT2D eigenvalue weighted by Gasteiger charge is -2.29. The first-order valence-electron chi connectivity index (χ1n) is 17.2. The van der Waals surface area contributed by atoms with Crippen molar-refractivity contribution in [1.29, 1.82) is 0 Å². The van der Waals surface area contributed by atoms with Crippen LogP contribution in [0.5, 0.6) is 0 Å². The summed E-state index contributed by atoms with van der Waals surface area (Å²) in [5.41, 5.74) is 16.4. The van der Waals surface area contributed by atoms with E-state index in [0.29, 0.717) is 12.8 Å². The lowest BCUT2D eigenvalue weighted by atomic mass is 10.0. The first kappa shape index (κ1) is 48.0. The number of thiol groups is 1. The minimum atomic E-state index is -1.83. The van der Waals surface area contributed by atoms with E-state index >= 15 is 0 Å². The summed E-state index contributed by atoms with van der Waals surface area (Å²) in [6, 6.07) is -10.8. The Morgan fingerprint density at radius 3 is 1.82 bits per heavy atom. The third-order valence-corrected chi connectivity index (χ3v) is 8.68. The number of aliphatic carboxylic acids is 3. The van der Waals surface area contributed by atoms with E-state index in [4.69, 9.17) is 27.4 Å². The van der Waals surface area contributed by atoms with Crippen LogP contribution in [0.15, 0.2) is 0 Å². The van der Waals surface area contributed by atoms with Crippen LogP contribution in [0.3, 0.4) is 0 Å². The van der Waals surface area contributed by atoms with Gasteiger partial charge in [0, 0.05) is 18.7 Å². The number of nitrogens with zero attached hydrogens (tertiary/aromatic N) is 1. The molecule has 1 saturated heterocycles. The number of aliphatic hydroxyl groups excluding tert-OH is 1. The number of primary amides is 1. The molecule has 0 spiro atoms. The molecule has 55 heavy (non-hydrogen) atoms. The highest BCUT2D eigenvalue weighted by atomic mass is 32.1. The van der Waals surface area contributed by atoms with Crippen molar-refractivity contribution in [2.75, 3.05) is 18.8 Å². The van der Waals surface area contributed by atoms with Gasteiger partial charge in [-0.1, -0.05) is 0 Å². The molecule has 8 atom stereocenters. The summed E-state index contributed by atoms with van der Waals surface area (Å²) in [5, 5.41) is 49.2. The van der Waals surface area contributed by atoms with Gasteiger partial charge in [0.2, 0.25) is 41.4 Å². The van der Waals surface area contributed by atoms with Crippen LogP contribution in [-0.2, 0) is 47.9 Å². The molecule has 1 heterocycles. The summed E-state index contributed by atoms with van der Waals surface area (Å²) in [5.74, 6) is -11.7. The SMILES string of the molecule is CC(O)C(NC(=O)C(CCC(=O)O)NC(=O)C(N)CC(=O)O)C(=O)NC(CCCCN)C(=O)NC(CC(N)=O)C(=O)NC(CS)C(=O)N1CCCC1C(=O)O. The number of unbranched alkanes of at least 4 members (excludes halogenated alkanes) is 1. The fourth-order valence-electron chi connectivity index (χ4n) is 5.41. The van der Waals surface area contributed by atoms with Gasteiger partial charge in [-0.25, -0.2) is 4.79 Å². The smallest absolute Gasteiger partial charge is 0.326 e. The summed E-state index contributed by atoms with van der Waals surface area (Å²) in [7, 11) is 0. The molecule has 1 aliphatic heterocycles. The second-order valence-electron chi connectivity index (χ2n) is 12.8. The molecule has 1 rings (SSSR count). The molecular weight excluding hydrogens is 754 g/mol. The molecule has 8 unspecified atom stereocenters. The van der Waals surface area contributed by atoms with E-state index in [0.717, 1.165) is 11.8 Å². The van der Waals surface area contributed by atoms with Crippen molar-refractivity contribution in [3.8, 4) is 0 Å². The van der Waals surface area contributed by atoms with Crippen LogP contribution in [0, 0.1) is 0 Å². The second kappa shape index (κ2) is 23.7. The Morgan fingerprint density at radius 2 is 1.29 bits per heavy atom. The molecule has 0 aromatic carbocycles. The van der Waals surface area contributed by atoms with E-state index in [2.05, 4.69) is 39.2 Å². The Morgan fingerprint density at radius 1 is 0.745 bits per heavy atom. The molecule has 0 aromatic rings. The minimum absolute atomic E-state index is 0.105. The third-order valence-electron chi connectivity index (χ3n) is 8.31. The summed E-state index contributed by atoms with van der Waals surface area (Å²) in [6.07, 6.45) is -3.41. The molecule has 23 nitrogen and oxygen atoms in total. The number of carboxylic acid groups (broad SMARTS) is 3. The average Bonchev–Trinajstić information content (AvgIpc) is 3.60. The standard InChI is InChI=1S/C31H51N9O14S/c1-14(41)24(39-27(49)17(7-8-22(43)44)35-25(47)15(33)11-23(45)46)29(51)36-16(5-2-3-9-32)26(48)37-18(12-21(34)42)28(50)38-19(13-55)30(52)40-10-4-6-20(40)31(53)54/h14-20,24,41,55H,2-13,32-33H2,1H3,(H2,34,42)(H,35,47)(H,36,51)(H,37,48)(H,38,50)(H,39,49)(H,43,44)(H,45,46)(H,53,54). The van der Waals surface area contributed by atoms with Crippen molar-refractivity contribution in [2.45, 2.75) is 113 Å². The van der Waals surface area contributed by atoms with Crippen LogP contribution in [-0.4, -0.2) is 152 Å². The lowest BCUT2D eigenvalue weighted by Crippen LogP contribution is -2.61. The Kier molecular flexibility index (Phi) is 20.6. The van der Waals surface area contributed by atoms with Crippen LogP contribution in [0.1, 0.15) is 64.7 Å². The second-order valence-corrected chi connectivity index (χ2v) is 13.1. The molecule has 24 heteroatoms. The van der Waals surface area contributed by atoms with Gasteiger partial charge in [0.05, 0.1) is 25.0 Å². The fraction of sp³-hybridized carbons (Fsp3) is 0.677. The van der Waals surface area contributed by atoms with E-state index in [1.54, 1.807) is 0 Å². The Balaban J connectivity index is 3.25. The number of hydrogen-bond donors (Lipinski definition) is 13. The van der Waals surface area contributed by atoms with Crippen molar-refractivity contribution in [3.63, 3.8) is 0 Å². The zero-order valence-corrected chi connectivity index (χ0v) is 31.0. The number of aliphatic hydroxyl groups is 1. The molecule has 0 aliphatic carbocycles. The highest BCUT2D eigenvalue weighted by Gasteiger charge is 2.39. The number of nitrogens with two attached hydrogens (primary N) is 3. The predicted octanol–water partition coefficient (Wildman–Crippen LogP) is -5.53. The largest absolute Gasteiger partial charge is 0.481 e. The Bertz CT molecular complexity index is 1430. The van der Waals surface area contributed by atoms with Crippen molar-refractivity contribution < 1.29 is 68.4 Å². The first-order valence-corrected chi connectivity index (χ1v) is 17.9. The number of nitrogens with one attached hydrogen (secondary N) is 5. The van der Waals surface area contributed by atoms with Crippen molar-refractivity contribution >= 4 is 71.9 Å². The average molecular weight is 806 g/mol. The summed E-state index contributed by atoms with van der Waals surface area (Å²) in [6.45, 7) is 1.38. The van der Waals surface area contributed by atoms with Gasteiger partial charge in [-0.3, -0.25) is 43.2 Å². The predicted molar refractivity (Wildman–Crippen MR) is 191 cm³/mol. The highest BCUT2D eigenvalue weighted by molar-refractivity contribution is 7.80. The third kappa shape index (κ3) is 16.5. The van der Waals surface area contributed by atoms with Crippen LogP contribution >= 0.6 is 12.6 Å². The van der Waals surface area contributed by atoms with E-state index in [-0.39, 0.29) is 38.1 Å². The highest BCUT2D eigenvalue weighted by Crippen LogP contribution is 2.19. The number of rotatable bonds is 25. The summed E-state index contributed by atoms with van der Waals surface area (Å²) in [4.78, 5) is 126. The molecule has 15 N–H and O–H groups in total. The van der Waals surface area contributed by atoms with Gasteiger partial charge in [0.15, 0.2) is 0 Å². The van der Waals surface area contributed by atoms with Gasteiger partial charge < -0.3 is 69.1 Å². The van der Waals surface area contributed by atoms with Gasteiger partial charge in [0.25, 0.3) is 0 Å². The number of hydrogen-bond acceptors (Lipinski definition) is 14.